The van der Waals surface area contributed by atoms with E-state index in [1.165, 1.54) is 0 Å². The number of hydrogen-bond acceptors (Lipinski definition) is 4. The number of methoxy groups -OCH3 is 1. The fourth-order valence-electron chi connectivity index (χ4n) is 1.44. The van der Waals surface area contributed by atoms with Gasteiger partial charge in [0.15, 0.2) is 0 Å². The van der Waals surface area contributed by atoms with Crippen LogP contribution in [0.1, 0.15) is 24.9 Å². The van der Waals surface area contributed by atoms with E-state index >= 15 is 0 Å². The Hall–Kier alpha value is -1.59. The van der Waals surface area contributed by atoms with Gasteiger partial charge in [0.1, 0.15) is 12.4 Å². The highest BCUT2D eigenvalue weighted by Crippen LogP contribution is 2.19. The zero-order valence-corrected chi connectivity index (χ0v) is 10.1. The summed E-state index contributed by atoms with van der Waals surface area (Å²) < 4.78 is 5.08. The number of hydroxylamine groups is 1. The molecule has 0 aliphatic rings. The van der Waals surface area contributed by atoms with Gasteiger partial charge < -0.3 is 10.5 Å². The first-order valence-corrected chi connectivity index (χ1v) is 5.47. The quantitative estimate of drug-likeness (QED) is 0.699. The largest absolute Gasteiger partial charge is 0.497 e. The normalized spacial score (nSPS) is 12.1. The van der Waals surface area contributed by atoms with Gasteiger partial charge in [-0.1, -0.05) is 19.1 Å². The summed E-state index contributed by atoms with van der Waals surface area (Å²) in [7, 11) is 1.63. The van der Waals surface area contributed by atoms with Crippen molar-refractivity contribution in [3.8, 4) is 5.75 Å². The van der Waals surface area contributed by atoms with Crippen LogP contribution >= 0.6 is 0 Å². The summed E-state index contributed by atoms with van der Waals surface area (Å²) in [6.45, 7) is 1.89. The van der Waals surface area contributed by atoms with Gasteiger partial charge in [0.25, 0.3) is 0 Å². The lowest BCUT2D eigenvalue weighted by Crippen LogP contribution is -2.27. The molecular formula is C12H18N2O3. The van der Waals surface area contributed by atoms with Crippen molar-refractivity contribution < 1.29 is 14.4 Å². The third-order valence-electron chi connectivity index (χ3n) is 2.37. The number of nitrogens with one attached hydrogen (secondary N) is 1. The van der Waals surface area contributed by atoms with Gasteiger partial charge in [-0.25, -0.2) is 0 Å². The van der Waals surface area contributed by atoms with Crippen LogP contribution in [0.15, 0.2) is 24.3 Å². The molecule has 5 heteroatoms. The second kappa shape index (κ2) is 6.88. The lowest BCUT2D eigenvalue weighted by atomic mass is 10.1. The Morgan fingerprint density at radius 1 is 1.41 bits per heavy atom. The average Bonchev–Trinajstić information content (AvgIpc) is 2.34. The molecule has 1 rings (SSSR count). The third kappa shape index (κ3) is 4.42. The number of carbonyl (C=O) groups is 1. The standard InChI is InChI=1S/C12H18N2O3/c1-3-11(14-17-8-12(13)15)9-4-6-10(16-2)7-5-9/h4-7,11,14H,3,8H2,1-2H3,(H2,13,15). The summed E-state index contributed by atoms with van der Waals surface area (Å²) in [5.41, 5.74) is 8.86. The van der Waals surface area contributed by atoms with Crippen LogP contribution in [-0.4, -0.2) is 19.6 Å². The van der Waals surface area contributed by atoms with Crippen molar-refractivity contribution in [2.75, 3.05) is 13.7 Å². The predicted molar refractivity (Wildman–Crippen MR) is 64.3 cm³/mol. The number of carbonyl (C=O) groups excluding carboxylic acids is 1. The van der Waals surface area contributed by atoms with Gasteiger partial charge in [0.2, 0.25) is 5.91 Å². The van der Waals surface area contributed by atoms with E-state index in [-0.39, 0.29) is 12.6 Å². The summed E-state index contributed by atoms with van der Waals surface area (Å²) >= 11 is 0. The molecule has 0 saturated heterocycles. The van der Waals surface area contributed by atoms with Crippen LogP contribution in [0.25, 0.3) is 0 Å². The second-order valence-corrected chi connectivity index (χ2v) is 3.61. The van der Waals surface area contributed by atoms with E-state index in [2.05, 4.69) is 5.48 Å². The van der Waals surface area contributed by atoms with E-state index in [0.29, 0.717) is 0 Å². The fourth-order valence-corrected chi connectivity index (χ4v) is 1.44. The molecule has 0 spiro atoms. The summed E-state index contributed by atoms with van der Waals surface area (Å²) in [6, 6.07) is 7.70. The smallest absolute Gasteiger partial charge is 0.245 e. The van der Waals surface area contributed by atoms with Crippen molar-refractivity contribution in [3.63, 3.8) is 0 Å². The average molecular weight is 238 g/mol. The maximum atomic E-state index is 10.5. The Kier molecular flexibility index (Phi) is 5.45. The van der Waals surface area contributed by atoms with Gasteiger partial charge in [0, 0.05) is 0 Å². The molecule has 1 amide bonds. The summed E-state index contributed by atoms with van der Waals surface area (Å²) in [4.78, 5) is 15.5. The second-order valence-electron chi connectivity index (χ2n) is 3.61. The molecule has 94 valence electrons. The summed E-state index contributed by atoms with van der Waals surface area (Å²) in [6.07, 6.45) is 0.838. The topological polar surface area (TPSA) is 73.6 Å². The first-order chi connectivity index (χ1) is 8.17. The van der Waals surface area contributed by atoms with Crippen LogP contribution in [0, 0.1) is 0 Å². The molecule has 1 unspecified atom stereocenters. The minimum Gasteiger partial charge on any atom is -0.497 e. The van der Waals surface area contributed by atoms with Crippen molar-refractivity contribution in [2.45, 2.75) is 19.4 Å². The van der Waals surface area contributed by atoms with Crippen molar-refractivity contribution in [1.29, 1.82) is 0 Å². The van der Waals surface area contributed by atoms with Crippen molar-refractivity contribution in [1.82, 2.24) is 5.48 Å². The summed E-state index contributed by atoms with van der Waals surface area (Å²) in [5.74, 6) is 0.309. The Morgan fingerprint density at radius 2 is 2.06 bits per heavy atom. The molecule has 1 aromatic carbocycles. The van der Waals surface area contributed by atoms with Crippen molar-refractivity contribution in [2.24, 2.45) is 5.73 Å². The molecule has 17 heavy (non-hydrogen) atoms. The molecule has 0 aromatic heterocycles. The Bertz CT molecular complexity index is 351. The first-order valence-electron chi connectivity index (χ1n) is 5.47. The van der Waals surface area contributed by atoms with E-state index in [9.17, 15) is 4.79 Å². The molecular weight excluding hydrogens is 220 g/mol. The van der Waals surface area contributed by atoms with E-state index in [4.69, 9.17) is 15.3 Å². The number of primary amides is 1. The third-order valence-corrected chi connectivity index (χ3v) is 2.37. The van der Waals surface area contributed by atoms with Gasteiger partial charge in [-0.3, -0.25) is 9.63 Å². The van der Waals surface area contributed by atoms with Crippen LogP contribution in [-0.2, 0) is 9.63 Å². The number of nitrogens with two attached hydrogens (primary N) is 1. The highest BCUT2D eigenvalue weighted by molar-refractivity contribution is 5.74. The fraction of sp³-hybridized carbons (Fsp3) is 0.417. The zero-order valence-electron chi connectivity index (χ0n) is 10.1. The molecule has 5 nitrogen and oxygen atoms in total. The molecule has 0 aliphatic heterocycles. The number of rotatable bonds is 7. The predicted octanol–water partition coefficient (Wildman–Crippen LogP) is 1.15. The Morgan fingerprint density at radius 3 is 2.53 bits per heavy atom. The highest BCUT2D eigenvalue weighted by atomic mass is 16.6. The van der Waals surface area contributed by atoms with Crippen LogP contribution in [0.2, 0.25) is 0 Å². The number of amides is 1. The van der Waals surface area contributed by atoms with Crippen molar-refractivity contribution >= 4 is 5.91 Å². The summed E-state index contributed by atoms with van der Waals surface area (Å²) in [5, 5.41) is 0. The van der Waals surface area contributed by atoms with E-state index in [1.807, 2.05) is 31.2 Å². The lowest BCUT2D eigenvalue weighted by molar-refractivity contribution is -0.126. The van der Waals surface area contributed by atoms with Gasteiger partial charge >= 0.3 is 0 Å². The van der Waals surface area contributed by atoms with Crippen LogP contribution in [0.3, 0.4) is 0 Å². The van der Waals surface area contributed by atoms with Crippen LogP contribution in [0.4, 0.5) is 0 Å². The number of hydrogen-bond donors (Lipinski definition) is 2. The SMILES string of the molecule is CCC(NOCC(N)=O)c1ccc(OC)cc1. The minimum atomic E-state index is -0.498. The zero-order chi connectivity index (χ0) is 12.7. The lowest BCUT2D eigenvalue weighted by Gasteiger charge is -2.16. The number of benzene rings is 1. The van der Waals surface area contributed by atoms with E-state index in [1.54, 1.807) is 7.11 Å². The number of ether oxygens (including phenoxy) is 1. The molecule has 1 atom stereocenters. The molecule has 0 saturated carbocycles. The van der Waals surface area contributed by atoms with Crippen molar-refractivity contribution in [3.05, 3.63) is 29.8 Å². The maximum Gasteiger partial charge on any atom is 0.245 e. The first kappa shape index (κ1) is 13.5. The molecule has 0 heterocycles. The molecule has 1 aromatic rings. The Labute approximate surface area is 101 Å². The molecule has 0 aliphatic carbocycles. The molecule has 0 fully saturated rings. The molecule has 3 N–H and O–H groups in total. The van der Waals surface area contributed by atoms with Gasteiger partial charge in [-0.05, 0) is 24.1 Å². The molecule has 0 bridgehead atoms. The van der Waals surface area contributed by atoms with Crippen LogP contribution in [0.5, 0.6) is 5.75 Å². The van der Waals surface area contributed by atoms with E-state index in [0.717, 1.165) is 17.7 Å². The maximum absolute atomic E-state index is 10.5. The molecule has 0 radical (unpaired) electrons. The monoisotopic (exact) mass is 238 g/mol. The van der Waals surface area contributed by atoms with E-state index < -0.39 is 5.91 Å². The Balaban J connectivity index is 2.56. The van der Waals surface area contributed by atoms with Gasteiger partial charge in [0.05, 0.1) is 13.2 Å². The highest BCUT2D eigenvalue weighted by Gasteiger charge is 2.09. The minimum absolute atomic E-state index is 0.0280. The van der Waals surface area contributed by atoms with Gasteiger partial charge in [-0.2, -0.15) is 5.48 Å². The van der Waals surface area contributed by atoms with Gasteiger partial charge in [-0.15, -0.1) is 0 Å². The van der Waals surface area contributed by atoms with Crippen LogP contribution < -0.4 is 16.0 Å².